The Balaban J connectivity index is 2.12. The van der Waals surface area contributed by atoms with E-state index in [1.807, 2.05) is 18.2 Å². The second kappa shape index (κ2) is 5.76. The molecule has 0 atom stereocenters. The molecule has 0 spiro atoms. The van der Waals surface area contributed by atoms with Crippen molar-refractivity contribution in [1.29, 1.82) is 0 Å². The number of carbonyl (C=O) groups excluding carboxylic acids is 1. The molecule has 2 rings (SSSR count). The van der Waals surface area contributed by atoms with E-state index in [9.17, 15) is 4.79 Å². The lowest BCUT2D eigenvalue weighted by Crippen LogP contribution is -2.34. The van der Waals surface area contributed by atoms with Crippen LogP contribution in [-0.4, -0.2) is 33.6 Å². The van der Waals surface area contributed by atoms with Crippen molar-refractivity contribution in [3.8, 4) is 11.5 Å². The predicted molar refractivity (Wildman–Crippen MR) is 70.5 cm³/mol. The minimum absolute atomic E-state index is 0.224. The molecule has 0 N–H and O–H groups in total. The van der Waals surface area contributed by atoms with Gasteiger partial charge in [0.2, 0.25) is 0 Å². The quantitative estimate of drug-likeness (QED) is 0.766. The summed E-state index contributed by atoms with van der Waals surface area (Å²) in [5, 5.41) is 0. The number of piperidine rings is 1. The van der Waals surface area contributed by atoms with Crippen molar-refractivity contribution < 1.29 is 14.3 Å². The molecule has 0 radical (unpaired) electrons. The summed E-state index contributed by atoms with van der Waals surface area (Å²) in [6.07, 6.45) is 2.93. The number of ether oxygens (including phenoxy) is 2. The van der Waals surface area contributed by atoms with E-state index in [2.05, 4.69) is 4.90 Å². The van der Waals surface area contributed by atoms with Gasteiger partial charge in [-0.05, 0) is 25.0 Å². The third-order valence-corrected chi connectivity index (χ3v) is 3.46. The maximum atomic E-state index is 10.7. The molecule has 1 aromatic rings. The molecule has 1 heterocycles. The van der Waals surface area contributed by atoms with Crippen molar-refractivity contribution in [1.82, 2.24) is 0 Å². The fraction of sp³-hybridized carbons (Fsp3) is 0.500. The Labute approximate surface area is 107 Å². The van der Waals surface area contributed by atoms with Crippen molar-refractivity contribution in [2.75, 3.05) is 32.2 Å². The average molecular weight is 249 g/mol. The number of anilines is 1. The molecule has 1 aliphatic heterocycles. The largest absolute Gasteiger partial charge is 0.493 e. The fourth-order valence-corrected chi connectivity index (χ4v) is 2.32. The van der Waals surface area contributed by atoms with Crippen LogP contribution in [0.15, 0.2) is 18.2 Å². The first kappa shape index (κ1) is 12.7. The zero-order chi connectivity index (χ0) is 13.0. The van der Waals surface area contributed by atoms with Crippen LogP contribution >= 0.6 is 0 Å². The van der Waals surface area contributed by atoms with Gasteiger partial charge in [-0.15, -0.1) is 0 Å². The van der Waals surface area contributed by atoms with E-state index in [-0.39, 0.29) is 5.92 Å². The number of rotatable bonds is 4. The average Bonchev–Trinajstić information content (AvgIpc) is 2.46. The van der Waals surface area contributed by atoms with E-state index >= 15 is 0 Å². The molecule has 0 amide bonds. The van der Waals surface area contributed by atoms with Crippen LogP contribution in [0, 0.1) is 5.92 Å². The van der Waals surface area contributed by atoms with Crippen LogP contribution in [0.4, 0.5) is 5.69 Å². The van der Waals surface area contributed by atoms with E-state index < -0.39 is 0 Å². The summed E-state index contributed by atoms with van der Waals surface area (Å²) in [5.41, 5.74) is 1.12. The highest BCUT2D eigenvalue weighted by atomic mass is 16.5. The van der Waals surface area contributed by atoms with Crippen molar-refractivity contribution in [3.05, 3.63) is 18.2 Å². The van der Waals surface area contributed by atoms with E-state index in [1.165, 1.54) is 0 Å². The van der Waals surface area contributed by atoms with Gasteiger partial charge in [-0.2, -0.15) is 0 Å². The first-order chi connectivity index (χ1) is 8.78. The molecule has 4 heteroatoms. The molecule has 98 valence electrons. The number of hydrogen-bond donors (Lipinski definition) is 0. The number of carbonyl (C=O) groups is 1. The standard InChI is InChI=1S/C14H19NO3/c1-17-13-4-3-12(9-14(13)18-2)15-7-5-11(10-16)6-8-15/h3-4,9-11H,5-8H2,1-2H3. The van der Waals surface area contributed by atoms with Gasteiger partial charge in [0.05, 0.1) is 14.2 Å². The van der Waals surface area contributed by atoms with Crippen LogP contribution in [0.25, 0.3) is 0 Å². The van der Waals surface area contributed by atoms with Gasteiger partial charge in [0.25, 0.3) is 0 Å². The second-order valence-electron chi connectivity index (χ2n) is 4.50. The highest BCUT2D eigenvalue weighted by Crippen LogP contribution is 2.32. The Kier molecular flexibility index (Phi) is 4.07. The zero-order valence-electron chi connectivity index (χ0n) is 10.9. The summed E-state index contributed by atoms with van der Waals surface area (Å²) >= 11 is 0. The molecule has 1 fully saturated rings. The van der Waals surface area contributed by atoms with Gasteiger partial charge in [-0.25, -0.2) is 0 Å². The molecule has 1 aliphatic rings. The topological polar surface area (TPSA) is 38.8 Å². The Morgan fingerprint density at radius 2 is 1.83 bits per heavy atom. The number of nitrogens with zero attached hydrogens (tertiary/aromatic N) is 1. The Hall–Kier alpha value is -1.71. The van der Waals surface area contributed by atoms with Crippen LogP contribution < -0.4 is 14.4 Å². The number of methoxy groups -OCH3 is 2. The highest BCUT2D eigenvalue weighted by Gasteiger charge is 2.19. The summed E-state index contributed by atoms with van der Waals surface area (Å²) < 4.78 is 10.5. The summed E-state index contributed by atoms with van der Waals surface area (Å²) in [6.45, 7) is 1.83. The minimum atomic E-state index is 0.224. The second-order valence-corrected chi connectivity index (χ2v) is 4.50. The third-order valence-electron chi connectivity index (χ3n) is 3.46. The molecular formula is C14H19NO3. The molecule has 0 aromatic heterocycles. The molecule has 4 nitrogen and oxygen atoms in total. The normalized spacial score (nSPS) is 16.4. The maximum absolute atomic E-state index is 10.7. The van der Waals surface area contributed by atoms with Gasteiger partial charge in [0.15, 0.2) is 11.5 Å². The maximum Gasteiger partial charge on any atom is 0.162 e. The molecule has 1 saturated heterocycles. The number of benzene rings is 1. The minimum Gasteiger partial charge on any atom is -0.493 e. The molecule has 18 heavy (non-hydrogen) atoms. The Bertz CT molecular complexity index is 412. The molecule has 0 bridgehead atoms. The van der Waals surface area contributed by atoms with E-state index in [4.69, 9.17) is 9.47 Å². The SMILES string of the molecule is COc1ccc(N2CCC(C=O)CC2)cc1OC. The van der Waals surface area contributed by atoms with Crippen molar-refractivity contribution in [3.63, 3.8) is 0 Å². The number of aldehydes is 1. The summed E-state index contributed by atoms with van der Waals surface area (Å²) in [5.74, 6) is 1.71. The molecule has 0 aliphatic carbocycles. The van der Waals surface area contributed by atoms with Crippen LogP contribution in [0.2, 0.25) is 0 Å². The van der Waals surface area contributed by atoms with Gasteiger partial charge >= 0.3 is 0 Å². The summed E-state index contributed by atoms with van der Waals surface area (Å²) in [6, 6.07) is 5.93. The lowest BCUT2D eigenvalue weighted by Gasteiger charge is -2.31. The summed E-state index contributed by atoms with van der Waals surface area (Å²) in [4.78, 5) is 13.0. The van der Waals surface area contributed by atoms with Crippen LogP contribution in [0.3, 0.4) is 0 Å². The van der Waals surface area contributed by atoms with E-state index in [1.54, 1.807) is 14.2 Å². The Morgan fingerprint density at radius 3 is 2.39 bits per heavy atom. The van der Waals surface area contributed by atoms with E-state index in [0.29, 0.717) is 0 Å². The smallest absolute Gasteiger partial charge is 0.162 e. The van der Waals surface area contributed by atoms with Gasteiger partial charge in [0, 0.05) is 30.8 Å². The fourth-order valence-electron chi connectivity index (χ4n) is 2.32. The molecular weight excluding hydrogens is 230 g/mol. The van der Waals surface area contributed by atoms with Crippen LogP contribution in [0.1, 0.15) is 12.8 Å². The van der Waals surface area contributed by atoms with Crippen LogP contribution in [0.5, 0.6) is 11.5 Å². The van der Waals surface area contributed by atoms with Gasteiger partial charge in [-0.1, -0.05) is 0 Å². The first-order valence-electron chi connectivity index (χ1n) is 6.20. The van der Waals surface area contributed by atoms with Gasteiger partial charge in [-0.3, -0.25) is 0 Å². The van der Waals surface area contributed by atoms with Crippen molar-refractivity contribution >= 4 is 12.0 Å². The summed E-state index contributed by atoms with van der Waals surface area (Å²) in [7, 11) is 3.27. The lowest BCUT2D eigenvalue weighted by molar-refractivity contribution is -0.111. The predicted octanol–water partition coefficient (Wildman–Crippen LogP) is 2.12. The van der Waals surface area contributed by atoms with E-state index in [0.717, 1.165) is 49.4 Å². The lowest BCUT2D eigenvalue weighted by atomic mass is 9.98. The Morgan fingerprint density at radius 1 is 1.17 bits per heavy atom. The number of hydrogen-bond acceptors (Lipinski definition) is 4. The molecule has 1 aromatic carbocycles. The first-order valence-corrected chi connectivity index (χ1v) is 6.20. The third kappa shape index (κ3) is 2.58. The van der Waals surface area contributed by atoms with Crippen molar-refractivity contribution in [2.45, 2.75) is 12.8 Å². The van der Waals surface area contributed by atoms with Gasteiger partial charge < -0.3 is 19.2 Å². The molecule has 0 unspecified atom stereocenters. The zero-order valence-corrected chi connectivity index (χ0v) is 10.9. The van der Waals surface area contributed by atoms with Crippen LogP contribution in [-0.2, 0) is 4.79 Å². The highest BCUT2D eigenvalue weighted by molar-refractivity contribution is 5.58. The molecule has 0 saturated carbocycles. The van der Waals surface area contributed by atoms with Crippen molar-refractivity contribution in [2.24, 2.45) is 5.92 Å². The monoisotopic (exact) mass is 249 g/mol. The van der Waals surface area contributed by atoms with Gasteiger partial charge in [0.1, 0.15) is 6.29 Å².